The molecule has 0 atom stereocenters. The molecule has 7 nitrogen and oxygen atoms in total. The van der Waals surface area contributed by atoms with Crippen LogP contribution in [-0.2, 0) is 0 Å². The van der Waals surface area contributed by atoms with E-state index in [1.807, 2.05) is 0 Å². The van der Waals surface area contributed by atoms with Gasteiger partial charge in [0.05, 0.1) is 12.0 Å². The molecule has 2 rings (SSSR count). The highest BCUT2D eigenvalue weighted by Crippen LogP contribution is 2.25. The molecule has 0 radical (unpaired) electrons. The Bertz CT molecular complexity index is 487. The van der Waals surface area contributed by atoms with E-state index in [1.165, 1.54) is 32.1 Å². The van der Waals surface area contributed by atoms with Crippen molar-refractivity contribution in [2.45, 2.75) is 19.3 Å². The number of ether oxygens (including phenoxy) is 1. The number of pyridine rings is 1. The molecule has 0 aromatic carbocycles. The molecule has 1 aliphatic rings. The Morgan fingerprint density at radius 1 is 1.48 bits per heavy atom. The van der Waals surface area contributed by atoms with E-state index < -0.39 is 4.92 Å². The number of piperidine rings is 1. The van der Waals surface area contributed by atoms with E-state index in [2.05, 4.69) is 22.2 Å². The molecule has 1 aromatic heterocycles. The molecule has 1 fully saturated rings. The summed E-state index contributed by atoms with van der Waals surface area (Å²) in [5, 5.41) is 14.1. The van der Waals surface area contributed by atoms with Gasteiger partial charge in [0.2, 0.25) is 11.7 Å². The van der Waals surface area contributed by atoms with E-state index in [1.54, 1.807) is 0 Å². The van der Waals surface area contributed by atoms with E-state index in [0.29, 0.717) is 18.3 Å². The highest BCUT2D eigenvalue weighted by molar-refractivity contribution is 5.56. The van der Waals surface area contributed by atoms with Gasteiger partial charge in [-0.15, -0.1) is 0 Å². The molecule has 116 valence electrons. The first-order valence-corrected chi connectivity index (χ1v) is 7.22. The number of rotatable bonds is 6. The minimum absolute atomic E-state index is 0.0147. The van der Waals surface area contributed by atoms with Gasteiger partial charge < -0.3 is 15.0 Å². The van der Waals surface area contributed by atoms with Crippen molar-refractivity contribution in [3.05, 3.63) is 22.2 Å². The molecule has 1 N–H and O–H groups in total. The van der Waals surface area contributed by atoms with Gasteiger partial charge in [-0.2, -0.15) is 4.98 Å². The second kappa shape index (κ2) is 7.21. The first kappa shape index (κ1) is 15.5. The zero-order valence-electron chi connectivity index (χ0n) is 12.5. The normalized spacial score (nSPS) is 16.7. The van der Waals surface area contributed by atoms with Crippen LogP contribution in [0.5, 0.6) is 5.88 Å². The maximum Gasteiger partial charge on any atom is 0.311 e. The van der Waals surface area contributed by atoms with Gasteiger partial charge >= 0.3 is 5.69 Å². The maximum absolute atomic E-state index is 11.0. The number of aromatic nitrogens is 1. The molecule has 0 aliphatic carbocycles. The molecule has 0 saturated carbocycles. The largest absolute Gasteiger partial charge is 0.481 e. The van der Waals surface area contributed by atoms with E-state index in [-0.39, 0.29) is 11.5 Å². The molecule has 0 unspecified atom stereocenters. The summed E-state index contributed by atoms with van der Waals surface area (Å²) in [5.74, 6) is 1.34. The third-order valence-corrected chi connectivity index (χ3v) is 3.94. The number of anilines is 1. The van der Waals surface area contributed by atoms with Gasteiger partial charge in [-0.05, 0) is 45.3 Å². The van der Waals surface area contributed by atoms with Crippen LogP contribution in [0.15, 0.2) is 12.1 Å². The number of hydrogen-bond donors (Lipinski definition) is 1. The van der Waals surface area contributed by atoms with E-state index in [4.69, 9.17) is 4.74 Å². The van der Waals surface area contributed by atoms with Crippen LogP contribution in [0, 0.1) is 16.0 Å². The molecule has 2 heterocycles. The second-order valence-electron chi connectivity index (χ2n) is 5.44. The predicted molar refractivity (Wildman–Crippen MR) is 80.8 cm³/mol. The molecule has 21 heavy (non-hydrogen) atoms. The number of nitrogens with one attached hydrogen (secondary N) is 1. The fourth-order valence-corrected chi connectivity index (χ4v) is 2.57. The van der Waals surface area contributed by atoms with Gasteiger partial charge in [0.15, 0.2) is 0 Å². The maximum atomic E-state index is 11.0. The number of nitrogens with zero attached hydrogens (tertiary/aromatic N) is 3. The molecule has 1 saturated heterocycles. The van der Waals surface area contributed by atoms with Crippen LogP contribution >= 0.6 is 0 Å². The van der Waals surface area contributed by atoms with Gasteiger partial charge in [0.25, 0.3) is 0 Å². The summed E-state index contributed by atoms with van der Waals surface area (Å²) in [4.78, 5) is 17.0. The first-order chi connectivity index (χ1) is 10.1. The van der Waals surface area contributed by atoms with Crippen LogP contribution in [0.2, 0.25) is 0 Å². The summed E-state index contributed by atoms with van der Waals surface area (Å²) in [5.41, 5.74) is -0.0147. The fraction of sp³-hybridized carbons (Fsp3) is 0.643. The van der Waals surface area contributed by atoms with Crippen molar-refractivity contribution in [2.75, 3.05) is 39.1 Å². The Morgan fingerprint density at radius 3 is 2.81 bits per heavy atom. The molecule has 1 aromatic rings. The third kappa shape index (κ3) is 4.29. The smallest absolute Gasteiger partial charge is 0.311 e. The lowest BCUT2D eigenvalue weighted by Gasteiger charge is -2.28. The highest BCUT2D eigenvalue weighted by Gasteiger charge is 2.19. The van der Waals surface area contributed by atoms with Gasteiger partial charge in [-0.3, -0.25) is 10.1 Å². The van der Waals surface area contributed by atoms with E-state index in [9.17, 15) is 10.1 Å². The van der Waals surface area contributed by atoms with E-state index in [0.717, 1.165) is 19.5 Å². The fourth-order valence-electron chi connectivity index (χ4n) is 2.57. The third-order valence-electron chi connectivity index (χ3n) is 3.94. The zero-order chi connectivity index (χ0) is 15.2. The highest BCUT2D eigenvalue weighted by atomic mass is 16.6. The Morgan fingerprint density at radius 2 is 2.19 bits per heavy atom. The SMILES string of the molecule is COc1ccc([N+](=O)[O-])c(NCCC2CCN(C)CC2)n1. The van der Waals surface area contributed by atoms with Gasteiger partial charge in [-0.1, -0.05) is 0 Å². The van der Waals surface area contributed by atoms with E-state index >= 15 is 0 Å². The summed E-state index contributed by atoms with van der Waals surface area (Å²) < 4.78 is 5.02. The van der Waals surface area contributed by atoms with Gasteiger partial charge in [0, 0.05) is 18.7 Å². The van der Waals surface area contributed by atoms with Crippen LogP contribution in [0.4, 0.5) is 11.5 Å². The van der Waals surface area contributed by atoms with Crippen molar-refractivity contribution in [3.63, 3.8) is 0 Å². The van der Waals surface area contributed by atoms with Gasteiger partial charge in [-0.25, -0.2) is 0 Å². The van der Waals surface area contributed by atoms with Crippen molar-refractivity contribution in [1.82, 2.24) is 9.88 Å². The number of nitro groups is 1. The predicted octanol–water partition coefficient (Wildman–Crippen LogP) is 2.14. The molecule has 1 aliphatic heterocycles. The monoisotopic (exact) mass is 294 g/mol. The Balaban J connectivity index is 1.91. The van der Waals surface area contributed by atoms with Crippen LogP contribution < -0.4 is 10.1 Å². The molecular weight excluding hydrogens is 272 g/mol. The quantitative estimate of drug-likeness (QED) is 0.639. The van der Waals surface area contributed by atoms with Crippen LogP contribution in [-0.4, -0.2) is 48.6 Å². The minimum atomic E-state index is -0.426. The minimum Gasteiger partial charge on any atom is -0.481 e. The zero-order valence-corrected chi connectivity index (χ0v) is 12.5. The lowest BCUT2D eigenvalue weighted by Crippen LogP contribution is -2.30. The molecule has 0 amide bonds. The molecule has 0 spiro atoms. The molecule has 0 bridgehead atoms. The van der Waals surface area contributed by atoms with Crippen molar-refractivity contribution in [2.24, 2.45) is 5.92 Å². The Labute approximate surface area is 124 Å². The summed E-state index contributed by atoms with van der Waals surface area (Å²) in [7, 11) is 3.63. The first-order valence-electron chi connectivity index (χ1n) is 7.22. The number of methoxy groups -OCH3 is 1. The molecule has 7 heteroatoms. The van der Waals surface area contributed by atoms with Gasteiger partial charge in [0.1, 0.15) is 0 Å². The molecular formula is C14H22N4O3. The Kier molecular flexibility index (Phi) is 5.32. The summed E-state index contributed by atoms with van der Waals surface area (Å²) in [6, 6.07) is 2.92. The van der Waals surface area contributed by atoms with Crippen LogP contribution in [0.25, 0.3) is 0 Å². The average Bonchev–Trinajstić information content (AvgIpc) is 2.49. The van der Waals surface area contributed by atoms with Crippen molar-refractivity contribution in [1.29, 1.82) is 0 Å². The standard InChI is InChI=1S/C14H22N4O3/c1-17-9-6-11(7-10-17)5-8-15-14-12(18(19)20)3-4-13(16-14)21-2/h3-4,11H,5-10H2,1-2H3,(H,15,16). The van der Waals surface area contributed by atoms with Crippen molar-refractivity contribution in [3.8, 4) is 5.88 Å². The summed E-state index contributed by atoms with van der Waals surface area (Å²) in [6.45, 7) is 2.94. The average molecular weight is 294 g/mol. The van der Waals surface area contributed by atoms with Crippen LogP contribution in [0.3, 0.4) is 0 Å². The summed E-state index contributed by atoms with van der Waals surface area (Å²) in [6.07, 6.45) is 3.38. The number of hydrogen-bond acceptors (Lipinski definition) is 6. The van der Waals surface area contributed by atoms with Crippen LogP contribution in [0.1, 0.15) is 19.3 Å². The number of likely N-dealkylation sites (tertiary alicyclic amines) is 1. The summed E-state index contributed by atoms with van der Waals surface area (Å²) >= 11 is 0. The lowest BCUT2D eigenvalue weighted by atomic mass is 9.94. The van der Waals surface area contributed by atoms with Crippen molar-refractivity contribution < 1.29 is 9.66 Å². The second-order valence-corrected chi connectivity index (χ2v) is 5.44. The lowest BCUT2D eigenvalue weighted by molar-refractivity contribution is -0.384. The topological polar surface area (TPSA) is 80.5 Å². The Hall–Kier alpha value is -1.89. The van der Waals surface area contributed by atoms with Crippen molar-refractivity contribution >= 4 is 11.5 Å².